The smallest absolute Gasteiger partial charge is 0.191 e. The molecule has 0 aliphatic carbocycles. The van der Waals surface area contributed by atoms with Crippen molar-refractivity contribution in [1.82, 2.24) is 10.6 Å². The first kappa shape index (κ1) is 18.0. The van der Waals surface area contributed by atoms with Crippen LogP contribution in [0.3, 0.4) is 0 Å². The quantitative estimate of drug-likeness (QED) is 0.452. The van der Waals surface area contributed by atoms with Gasteiger partial charge < -0.3 is 10.6 Å². The van der Waals surface area contributed by atoms with Gasteiger partial charge in [-0.1, -0.05) is 29.8 Å². The van der Waals surface area contributed by atoms with Crippen LogP contribution >= 0.6 is 35.3 Å². The van der Waals surface area contributed by atoms with Crippen molar-refractivity contribution >= 4 is 41.3 Å². The summed E-state index contributed by atoms with van der Waals surface area (Å²) in [6.07, 6.45) is 0. The van der Waals surface area contributed by atoms with Crippen LogP contribution in [0.15, 0.2) is 40.7 Å². The Labute approximate surface area is 147 Å². The van der Waals surface area contributed by atoms with Gasteiger partial charge in [0, 0.05) is 18.5 Å². The molecule has 2 rings (SSSR count). The highest BCUT2D eigenvalue weighted by Gasteiger charge is 2.02. The van der Waals surface area contributed by atoms with Gasteiger partial charge in [0.15, 0.2) is 5.96 Å². The van der Waals surface area contributed by atoms with E-state index in [0.717, 1.165) is 19.0 Å². The molecule has 21 heavy (non-hydrogen) atoms. The molecule has 0 unspecified atom stereocenters. The maximum atomic E-state index is 4.25. The number of benzene rings is 1. The zero-order chi connectivity index (χ0) is 14.4. The summed E-state index contributed by atoms with van der Waals surface area (Å²) in [7, 11) is 1.80. The first-order valence-corrected chi connectivity index (χ1v) is 7.60. The van der Waals surface area contributed by atoms with Gasteiger partial charge in [-0.2, -0.15) is 0 Å². The molecule has 3 nitrogen and oxygen atoms in total. The van der Waals surface area contributed by atoms with E-state index in [1.165, 1.54) is 21.6 Å². The van der Waals surface area contributed by atoms with Crippen molar-refractivity contribution in [3.63, 3.8) is 0 Å². The van der Waals surface area contributed by atoms with Gasteiger partial charge in [0.2, 0.25) is 0 Å². The van der Waals surface area contributed by atoms with E-state index in [-0.39, 0.29) is 24.0 Å². The zero-order valence-electron chi connectivity index (χ0n) is 12.6. The summed E-state index contributed by atoms with van der Waals surface area (Å²) in [4.78, 5) is 5.60. The molecular weight excluding hydrogens is 393 g/mol. The van der Waals surface area contributed by atoms with E-state index >= 15 is 0 Å². The molecule has 0 saturated heterocycles. The number of guanidine groups is 1. The van der Waals surface area contributed by atoms with E-state index in [1.54, 1.807) is 18.4 Å². The Morgan fingerprint density at radius 1 is 1.05 bits per heavy atom. The Morgan fingerprint density at radius 3 is 2.29 bits per heavy atom. The highest BCUT2D eigenvalue weighted by atomic mass is 127. The van der Waals surface area contributed by atoms with Gasteiger partial charge in [-0.3, -0.25) is 4.99 Å². The molecule has 1 aromatic heterocycles. The van der Waals surface area contributed by atoms with Crippen molar-refractivity contribution in [3.05, 3.63) is 57.3 Å². The van der Waals surface area contributed by atoms with Crippen LogP contribution in [-0.4, -0.2) is 13.0 Å². The van der Waals surface area contributed by atoms with Crippen molar-refractivity contribution in [2.45, 2.75) is 26.9 Å². The summed E-state index contributed by atoms with van der Waals surface area (Å²) in [5.74, 6) is 0.832. The highest BCUT2D eigenvalue weighted by molar-refractivity contribution is 14.0. The summed E-state index contributed by atoms with van der Waals surface area (Å²) in [5.41, 5.74) is 3.87. The maximum Gasteiger partial charge on any atom is 0.191 e. The Morgan fingerprint density at radius 2 is 1.71 bits per heavy atom. The molecular formula is C16H22IN3S. The van der Waals surface area contributed by atoms with Crippen LogP contribution in [0, 0.1) is 13.8 Å². The fourth-order valence-electron chi connectivity index (χ4n) is 1.86. The standard InChI is InChI=1S/C16H21N3S.HI/c1-12-4-6-14(7-5-12)10-18-16(17-3)19-11-15-13(2)8-9-20-15;/h4-9H,10-11H2,1-3H3,(H2,17,18,19);1H. The molecule has 0 aliphatic rings. The summed E-state index contributed by atoms with van der Waals surface area (Å²) in [6.45, 7) is 5.83. The fraction of sp³-hybridized carbons (Fsp3) is 0.312. The van der Waals surface area contributed by atoms with E-state index < -0.39 is 0 Å². The topological polar surface area (TPSA) is 36.4 Å². The molecule has 114 valence electrons. The summed E-state index contributed by atoms with van der Waals surface area (Å²) < 4.78 is 0. The second kappa shape index (κ2) is 9.04. The predicted molar refractivity (Wildman–Crippen MR) is 103 cm³/mol. The summed E-state index contributed by atoms with van der Waals surface area (Å²) in [5, 5.41) is 8.79. The molecule has 2 aromatic rings. The number of nitrogens with one attached hydrogen (secondary N) is 2. The van der Waals surface area contributed by atoms with Gasteiger partial charge in [-0.15, -0.1) is 35.3 Å². The summed E-state index contributed by atoms with van der Waals surface area (Å²) in [6, 6.07) is 10.7. The molecule has 0 saturated carbocycles. The molecule has 0 radical (unpaired) electrons. The second-order valence-corrected chi connectivity index (χ2v) is 5.79. The molecule has 1 aromatic carbocycles. The van der Waals surface area contributed by atoms with Gasteiger partial charge in [0.1, 0.15) is 0 Å². The second-order valence-electron chi connectivity index (χ2n) is 4.79. The molecule has 5 heteroatoms. The van der Waals surface area contributed by atoms with Crippen LogP contribution in [0.25, 0.3) is 0 Å². The average molecular weight is 415 g/mol. The summed E-state index contributed by atoms with van der Waals surface area (Å²) >= 11 is 1.77. The Kier molecular flexibility index (Phi) is 7.74. The van der Waals surface area contributed by atoms with E-state index in [1.807, 2.05) is 0 Å². The maximum absolute atomic E-state index is 4.25. The molecule has 0 fully saturated rings. The third-order valence-corrected chi connectivity index (χ3v) is 4.21. The first-order chi connectivity index (χ1) is 9.69. The number of halogens is 1. The van der Waals surface area contributed by atoms with E-state index in [4.69, 9.17) is 0 Å². The monoisotopic (exact) mass is 415 g/mol. The van der Waals surface area contributed by atoms with Crippen molar-refractivity contribution in [3.8, 4) is 0 Å². The van der Waals surface area contributed by atoms with Crippen LogP contribution in [0.4, 0.5) is 0 Å². The number of aryl methyl sites for hydroxylation is 2. The van der Waals surface area contributed by atoms with Crippen molar-refractivity contribution in [1.29, 1.82) is 0 Å². The number of thiophene rings is 1. The van der Waals surface area contributed by atoms with Crippen LogP contribution in [0.5, 0.6) is 0 Å². The molecule has 2 N–H and O–H groups in total. The van der Waals surface area contributed by atoms with Gasteiger partial charge >= 0.3 is 0 Å². The van der Waals surface area contributed by atoms with Gasteiger partial charge in [0.25, 0.3) is 0 Å². The number of rotatable bonds is 4. The molecule has 0 aliphatic heterocycles. The number of aliphatic imine (C=N–C) groups is 1. The SMILES string of the molecule is CN=C(NCc1ccc(C)cc1)NCc1sccc1C.I. The third-order valence-electron chi connectivity index (χ3n) is 3.19. The fourth-order valence-corrected chi connectivity index (χ4v) is 2.71. The Bertz CT molecular complexity index is 575. The van der Waals surface area contributed by atoms with Crippen molar-refractivity contribution < 1.29 is 0 Å². The minimum absolute atomic E-state index is 0. The normalized spacial score (nSPS) is 10.9. The first-order valence-electron chi connectivity index (χ1n) is 6.72. The van der Waals surface area contributed by atoms with Crippen LogP contribution in [-0.2, 0) is 13.1 Å². The predicted octanol–water partition coefficient (Wildman–Crippen LogP) is 3.85. The van der Waals surface area contributed by atoms with Crippen LogP contribution in [0.1, 0.15) is 21.6 Å². The molecule has 0 spiro atoms. The van der Waals surface area contributed by atoms with E-state index in [2.05, 4.69) is 65.2 Å². The molecule has 0 bridgehead atoms. The lowest BCUT2D eigenvalue weighted by atomic mass is 10.1. The Hall–Kier alpha value is -1.08. The van der Waals surface area contributed by atoms with Crippen molar-refractivity contribution in [2.75, 3.05) is 7.05 Å². The number of hydrogen-bond acceptors (Lipinski definition) is 2. The van der Waals surface area contributed by atoms with E-state index in [9.17, 15) is 0 Å². The lowest BCUT2D eigenvalue weighted by molar-refractivity contribution is 0.813. The molecule has 1 heterocycles. The molecule has 0 atom stereocenters. The average Bonchev–Trinajstić information content (AvgIpc) is 2.86. The van der Waals surface area contributed by atoms with Gasteiger partial charge in [-0.25, -0.2) is 0 Å². The third kappa shape index (κ3) is 5.67. The van der Waals surface area contributed by atoms with Gasteiger partial charge in [0.05, 0.1) is 6.54 Å². The number of hydrogen-bond donors (Lipinski definition) is 2. The minimum Gasteiger partial charge on any atom is -0.352 e. The van der Waals surface area contributed by atoms with E-state index in [0.29, 0.717) is 0 Å². The van der Waals surface area contributed by atoms with Gasteiger partial charge in [-0.05, 0) is 36.4 Å². The Balaban J connectivity index is 0.00000220. The lowest BCUT2D eigenvalue weighted by Crippen LogP contribution is -2.36. The minimum atomic E-state index is 0. The van der Waals surface area contributed by atoms with Crippen LogP contribution in [0.2, 0.25) is 0 Å². The zero-order valence-corrected chi connectivity index (χ0v) is 15.8. The largest absolute Gasteiger partial charge is 0.352 e. The highest BCUT2D eigenvalue weighted by Crippen LogP contribution is 2.14. The van der Waals surface area contributed by atoms with Crippen molar-refractivity contribution in [2.24, 2.45) is 4.99 Å². The number of nitrogens with zero attached hydrogens (tertiary/aromatic N) is 1. The lowest BCUT2D eigenvalue weighted by Gasteiger charge is -2.12. The molecule has 0 amide bonds. The van der Waals surface area contributed by atoms with Crippen LogP contribution < -0.4 is 10.6 Å².